The molecule has 0 rings (SSSR count). The summed E-state index contributed by atoms with van der Waals surface area (Å²) in [6, 6.07) is -2.15. The Kier molecular flexibility index (Phi) is 14.5. The van der Waals surface area contributed by atoms with Crippen molar-refractivity contribution in [2.24, 2.45) is 11.5 Å². The molecule has 0 heterocycles. The van der Waals surface area contributed by atoms with E-state index in [1.807, 2.05) is 0 Å². The second kappa shape index (κ2) is 14.9. The van der Waals surface area contributed by atoms with Crippen molar-refractivity contribution in [3.8, 4) is 0 Å². The predicted molar refractivity (Wildman–Crippen MR) is 103 cm³/mol. The highest BCUT2D eigenvalue weighted by Crippen LogP contribution is 1.97. The van der Waals surface area contributed by atoms with Crippen LogP contribution < -0.4 is 22.1 Å². The lowest BCUT2D eigenvalue weighted by Crippen LogP contribution is -2.49. The van der Waals surface area contributed by atoms with Gasteiger partial charge in [-0.05, 0) is 6.42 Å². The molecule has 0 aliphatic carbocycles. The molecule has 0 spiro atoms. The average molecular weight is 438 g/mol. The predicted octanol–water partition coefficient (Wildman–Crippen LogP) is -3.31. The van der Waals surface area contributed by atoms with Crippen molar-refractivity contribution in [1.29, 1.82) is 5.41 Å². The summed E-state index contributed by atoms with van der Waals surface area (Å²) < 4.78 is 0. The largest absolute Gasteiger partial charge is 0.480 e. The molecule has 0 radical (unpaired) electrons. The third-order valence-electron chi connectivity index (χ3n) is 3.03. The molecule has 0 aliphatic rings. The van der Waals surface area contributed by atoms with E-state index in [4.69, 9.17) is 32.2 Å². The molecule has 0 aliphatic heterocycles. The van der Waals surface area contributed by atoms with E-state index >= 15 is 0 Å². The molecule has 15 heteroatoms. The molecule has 0 unspecified atom stereocenters. The number of guanidine groups is 1. The molecule has 0 fully saturated rings. The van der Waals surface area contributed by atoms with E-state index in [0.717, 1.165) is 4.90 Å². The van der Waals surface area contributed by atoms with Crippen molar-refractivity contribution < 1.29 is 39.3 Å². The van der Waals surface area contributed by atoms with E-state index in [1.54, 1.807) is 0 Å². The van der Waals surface area contributed by atoms with E-state index in [1.165, 1.54) is 7.05 Å². The molecule has 0 aromatic heterocycles. The Morgan fingerprint density at radius 2 is 1.69 bits per heavy atom. The van der Waals surface area contributed by atoms with Crippen molar-refractivity contribution in [2.45, 2.75) is 24.9 Å². The monoisotopic (exact) mass is 438 g/mol. The van der Waals surface area contributed by atoms with Gasteiger partial charge in [0.1, 0.15) is 25.2 Å². The van der Waals surface area contributed by atoms with E-state index < -0.39 is 48.4 Å². The Bertz CT molecular complexity index is 617. The SMILES string of the molecule is CN(CC(=O)O)C(=N)N.N[C@@H](CCC(=O)N[C@@H](CS)C(=O)NCC(=O)O)C(=O)O. The zero-order valence-electron chi connectivity index (χ0n) is 15.6. The Hall–Kier alpha value is -3.07. The number of thiol groups is 1. The molecule has 2 atom stereocenters. The molecule has 0 bridgehead atoms. The highest BCUT2D eigenvalue weighted by molar-refractivity contribution is 7.80. The van der Waals surface area contributed by atoms with Gasteiger partial charge in [0, 0.05) is 19.2 Å². The maximum atomic E-state index is 11.5. The van der Waals surface area contributed by atoms with Crippen LogP contribution in [-0.4, -0.2) is 93.9 Å². The molecule has 0 saturated carbocycles. The van der Waals surface area contributed by atoms with Gasteiger partial charge in [0.05, 0.1) is 0 Å². The van der Waals surface area contributed by atoms with Gasteiger partial charge in [0.25, 0.3) is 0 Å². The van der Waals surface area contributed by atoms with Gasteiger partial charge in [0.15, 0.2) is 5.96 Å². The summed E-state index contributed by atoms with van der Waals surface area (Å²) in [5, 5.41) is 36.2. The van der Waals surface area contributed by atoms with Crippen LogP contribution in [0.4, 0.5) is 0 Å². The number of hydrogen-bond donors (Lipinski definition) is 9. The first-order chi connectivity index (χ1) is 13.3. The zero-order chi connectivity index (χ0) is 23.1. The van der Waals surface area contributed by atoms with E-state index in [9.17, 15) is 24.0 Å². The fraction of sp³-hybridized carbons (Fsp3) is 0.571. The lowest BCUT2D eigenvalue weighted by Gasteiger charge is -2.16. The molecule has 0 saturated heterocycles. The van der Waals surface area contributed by atoms with Gasteiger partial charge in [-0.15, -0.1) is 0 Å². The van der Waals surface area contributed by atoms with Crippen LogP contribution in [0.5, 0.6) is 0 Å². The minimum atomic E-state index is -1.22. The maximum Gasteiger partial charge on any atom is 0.323 e. The number of carboxylic acid groups (broad SMARTS) is 3. The average Bonchev–Trinajstić information content (AvgIpc) is 2.61. The first-order valence-electron chi connectivity index (χ1n) is 7.96. The Morgan fingerprint density at radius 3 is 2.03 bits per heavy atom. The first-order valence-corrected chi connectivity index (χ1v) is 8.60. The fourth-order valence-electron chi connectivity index (χ4n) is 1.44. The highest BCUT2D eigenvalue weighted by Gasteiger charge is 2.20. The van der Waals surface area contributed by atoms with Crippen molar-refractivity contribution in [1.82, 2.24) is 15.5 Å². The van der Waals surface area contributed by atoms with Crippen LogP contribution in [0, 0.1) is 5.41 Å². The number of hydrogen-bond acceptors (Lipinski definition) is 8. The number of aliphatic carboxylic acids is 3. The van der Waals surface area contributed by atoms with Crippen LogP contribution in [0.2, 0.25) is 0 Å². The number of nitrogens with one attached hydrogen (secondary N) is 3. The van der Waals surface area contributed by atoms with E-state index in [-0.39, 0.29) is 31.1 Å². The summed E-state index contributed by atoms with van der Waals surface area (Å²) in [7, 11) is 1.44. The number of carboxylic acids is 3. The fourth-order valence-corrected chi connectivity index (χ4v) is 1.70. The van der Waals surface area contributed by atoms with Gasteiger partial charge in [-0.3, -0.25) is 29.4 Å². The van der Waals surface area contributed by atoms with Crippen molar-refractivity contribution >= 4 is 48.3 Å². The van der Waals surface area contributed by atoms with Crippen LogP contribution in [0.15, 0.2) is 0 Å². The molecule has 14 nitrogen and oxygen atoms in total. The number of nitrogens with zero attached hydrogens (tertiary/aromatic N) is 1. The third kappa shape index (κ3) is 15.7. The van der Waals surface area contributed by atoms with Gasteiger partial charge in [-0.1, -0.05) is 0 Å². The lowest BCUT2D eigenvalue weighted by atomic mass is 10.1. The van der Waals surface area contributed by atoms with Gasteiger partial charge in [-0.25, -0.2) is 0 Å². The van der Waals surface area contributed by atoms with Gasteiger partial charge < -0.3 is 42.3 Å². The molecule has 0 aromatic rings. The molecular formula is C14H26N6O8S. The summed E-state index contributed by atoms with van der Waals surface area (Å²) in [6.07, 6.45) is -0.235. The Labute approximate surface area is 171 Å². The summed E-state index contributed by atoms with van der Waals surface area (Å²) in [5.41, 5.74) is 10.2. The third-order valence-corrected chi connectivity index (χ3v) is 3.40. The number of carbonyl (C=O) groups excluding carboxylic acids is 2. The Morgan fingerprint density at radius 1 is 1.14 bits per heavy atom. The lowest BCUT2D eigenvalue weighted by molar-refractivity contribution is -0.139. The highest BCUT2D eigenvalue weighted by atomic mass is 32.1. The standard InChI is InChI=1S/C10H17N3O6S.C4H9N3O2/c11-5(10(18)19)1-2-7(14)13-6(4-20)9(17)12-3-8(15)16;1-7(4(5)6)2-3(8)9/h5-6,20H,1-4,11H2,(H,12,17)(H,13,14)(H,15,16)(H,18,19);2H2,1H3,(H3,5,6)(H,8,9)/t5-,6-;/m0./s1. The molecule has 10 N–H and O–H groups in total. The molecular weight excluding hydrogens is 412 g/mol. The number of carbonyl (C=O) groups is 5. The number of amides is 2. The summed E-state index contributed by atoms with van der Waals surface area (Å²) in [4.78, 5) is 54.8. The number of likely N-dealkylation sites (N-methyl/N-ethyl adjacent to an activating group) is 1. The Balaban J connectivity index is 0. The van der Waals surface area contributed by atoms with E-state index in [0.29, 0.717) is 0 Å². The minimum absolute atomic E-state index is 0.0256. The molecule has 29 heavy (non-hydrogen) atoms. The molecule has 2 amide bonds. The normalized spacial score (nSPS) is 11.7. The van der Waals surface area contributed by atoms with Crippen LogP contribution in [-0.2, 0) is 24.0 Å². The quantitative estimate of drug-likeness (QED) is 0.0877. The topological polar surface area (TPSA) is 249 Å². The van der Waals surface area contributed by atoms with Crippen molar-refractivity contribution in [2.75, 3.05) is 25.9 Å². The van der Waals surface area contributed by atoms with Gasteiger partial charge in [0.2, 0.25) is 11.8 Å². The van der Waals surface area contributed by atoms with Crippen LogP contribution in [0.1, 0.15) is 12.8 Å². The summed E-state index contributed by atoms with van der Waals surface area (Å²) in [5.74, 6) is -4.94. The maximum absolute atomic E-state index is 11.5. The number of nitrogens with two attached hydrogens (primary N) is 2. The molecule has 0 aromatic carbocycles. The van der Waals surface area contributed by atoms with Crippen molar-refractivity contribution in [3.05, 3.63) is 0 Å². The van der Waals surface area contributed by atoms with Crippen LogP contribution >= 0.6 is 12.6 Å². The van der Waals surface area contributed by atoms with E-state index in [2.05, 4.69) is 23.3 Å². The second-order valence-corrected chi connectivity index (χ2v) is 5.90. The van der Waals surface area contributed by atoms with Crippen LogP contribution in [0.3, 0.4) is 0 Å². The van der Waals surface area contributed by atoms with Crippen LogP contribution in [0.25, 0.3) is 0 Å². The number of rotatable bonds is 11. The summed E-state index contributed by atoms with van der Waals surface area (Å²) >= 11 is 3.87. The minimum Gasteiger partial charge on any atom is -0.480 e. The molecule has 166 valence electrons. The van der Waals surface area contributed by atoms with Crippen molar-refractivity contribution in [3.63, 3.8) is 0 Å². The second-order valence-electron chi connectivity index (χ2n) is 5.53. The first kappa shape index (κ1) is 28.1. The van der Waals surface area contributed by atoms with Gasteiger partial charge in [-0.2, -0.15) is 12.6 Å². The summed E-state index contributed by atoms with van der Waals surface area (Å²) in [6.45, 7) is -0.793. The smallest absolute Gasteiger partial charge is 0.323 e. The van der Waals surface area contributed by atoms with Gasteiger partial charge >= 0.3 is 17.9 Å². The zero-order valence-corrected chi connectivity index (χ0v) is 16.5.